The van der Waals surface area contributed by atoms with Crippen LogP contribution in [0, 0.1) is 0 Å². The van der Waals surface area contributed by atoms with Crippen molar-refractivity contribution in [2.24, 2.45) is 0 Å². The Morgan fingerprint density at radius 2 is 1.35 bits per heavy atom. The number of aryl methyl sites for hydroxylation is 2. The molecule has 254 valence electrons. The van der Waals surface area contributed by atoms with Gasteiger partial charge in [-0.2, -0.15) is 0 Å². The van der Waals surface area contributed by atoms with Gasteiger partial charge < -0.3 is 23.7 Å². The second-order valence-electron chi connectivity index (χ2n) is 11.4. The molecule has 5 rings (SSSR count). The van der Waals surface area contributed by atoms with Crippen LogP contribution in [0.1, 0.15) is 45.2 Å². The van der Waals surface area contributed by atoms with Gasteiger partial charge in [0.1, 0.15) is 69.4 Å². The van der Waals surface area contributed by atoms with Gasteiger partial charge >= 0.3 is 23.9 Å². The SMILES string of the molecule is CC(=O)OC[C@H]1O[C@@H](n2cc(C[n+]3ccn(CCn4cc[n+](Cc5ccccc5)c4)c3)nn2)[C@H](OC(C)=O)[C@@H](OC(C)=O)[C@@H]1OC(C)=O. The number of ether oxygens (including phenoxy) is 5. The summed E-state index contributed by atoms with van der Waals surface area (Å²) >= 11 is 0. The van der Waals surface area contributed by atoms with Crippen molar-refractivity contribution in [2.45, 2.75) is 84.5 Å². The molecule has 1 aliphatic rings. The number of hydrogen-bond acceptors (Lipinski definition) is 11. The molecule has 1 fully saturated rings. The van der Waals surface area contributed by atoms with E-state index in [9.17, 15) is 19.2 Å². The van der Waals surface area contributed by atoms with E-state index in [2.05, 4.69) is 48.7 Å². The lowest BCUT2D eigenvalue weighted by molar-refractivity contribution is -0.688. The van der Waals surface area contributed by atoms with Crippen LogP contribution in [-0.4, -0.2) is 79.0 Å². The summed E-state index contributed by atoms with van der Waals surface area (Å²) in [7, 11) is 0. The molecule has 0 amide bonds. The first-order chi connectivity index (χ1) is 23.0. The van der Waals surface area contributed by atoms with Gasteiger partial charge in [0.2, 0.25) is 12.7 Å². The molecular weight excluding hydrogens is 626 g/mol. The number of carbonyl (C=O) groups excluding carboxylic acids is 4. The van der Waals surface area contributed by atoms with Crippen LogP contribution >= 0.6 is 0 Å². The van der Waals surface area contributed by atoms with Gasteiger partial charge in [-0.1, -0.05) is 35.5 Å². The molecule has 1 aromatic carbocycles. The minimum absolute atomic E-state index is 0.338. The van der Waals surface area contributed by atoms with Gasteiger partial charge in [0, 0.05) is 27.7 Å². The normalized spacial score (nSPS) is 20.5. The Labute approximate surface area is 276 Å². The average molecular weight is 666 g/mol. The highest BCUT2D eigenvalue weighted by atomic mass is 16.7. The first-order valence-corrected chi connectivity index (χ1v) is 15.4. The second kappa shape index (κ2) is 15.5. The predicted octanol–water partition coefficient (Wildman–Crippen LogP) is 0.509. The van der Waals surface area contributed by atoms with E-state index in [1.807, 2.05) is 47.7 Å². The van der Waals surface area contributed by atoms with Crippen LogP contribution in [0.3, 0.4) is 0 Å². The first-order valence-electron chi connectivity index (χ1n) is 15.4. The van der Waals surface area contributed by atoms with Gasteiger partial charge in [-0.05, 0) is 5.56 Å². The summed E-state index contributed by atoms with van der Waals surface area (Å²) in [5.74, 6) is -2.73. The van der Waals surface area contributed by atoms with E-state index in [1.165, 1.54) is 31.0 Å². The van der Waals surface area contributed by atoms with Crippen molar-refractivity contribution in [1.82, 2.24) is 24.1 Å². The van der Waals surface area contributed by atoms with Gasteiger partial charge in [-0.3, -0.25) is 19.2 Å². The third kappa shape index (κ3) is 9.12. The van der Waals surface area contributed by atoms with Crippen molar-refractivity contribution in [3.05, 3.63) is 85.2 Å². The van der Waals surface area contributed by atoms with E-state index in [0.717, 1.165) is 26.6 Å². The van der Waals surface area contributed by atoms with Crippen molar-refractivity contribution >= 4 is 23.9 Å². The maximum Gasteiger partial charge on any atom is 0.303 e. The highest BCUT2D eigenvalue weighted by molar-refractivity contribution is 5.68. The lowest BCUT2D eigenvalue weighted by Crippen LogP contribution is -2.60. The molecule has 3 aromatic heterocycles. The average Bonchev–Trinajstić information content (AvgIpc) is 3.79. The minimum Gasteiger partial charge on any atom is -0.463 e. The van der Waals surface area contributed by atoms with Crippen molar-refractivity contribution in [3.63, 3.8) is 0 Å². The van der Waals surface area contributed by atoms with E-state index in [0.29, 0.717) is 12.2 Å². The summed E-state index contributed by atoms with van der Waals surface area (Å²) in [4.78, 5) is 47.9. The molecule has 0 radical (unpaired) electrons. The second-order valence-corrected chi connectivity index (χ2v) is 11.4. The summed E-state index contributed by atoms with van der Waals surface area (Å²) in [5.41, 5.74) is 1.79. The van der Waals surface area contributed by atoms with Crippen LogP contribution in [0.15, 0.2) is 74.0 Å². The lowest BCUT2D eigenvalue weighted by Gasteiger charge is -2.44. The Kier molecular flexibility index (Phi) is 10.9. The van der Waals surface area contributed by atoms with Gasteiger partial charge in [-0.25, -0.2) is 23.0 Å². The van der Waals surface area contributed by atoms with Gasteiger partial charge in [0.05, 0.1) is 6.20 Å². The fraction of sp³-hybridized carbons (Fsp3) is 0.438. The number of nitrogens with zero attached hydrogens (tertiary/aromatic N) is 7. The number of carbonyl (C=O) groups is 4. The minimum atomic E-state index is -1.31. The Bertz CT molecular complexity index is 1720. The highest BCUT2D eigenvalue weighted by Gasteiger charge is 2.53. The predicted molar refractivity (Wildman–Crippen MR) is 161 cm³/mol. The topological polar surface area (TPSA) is 163 Å². The molecular formula is C32H39N7O9+2. The molecule has 0 aliphatic carbocycles. The molecule has 48 heavy (non-hydrogen) atoms. The Morgan fingerprint density at radius 1 is 0.771 bits per heavy atom. The summed E-state index contributed by atoms with van der Waals surface area (Å²) in [6.07, 6.45) is 7.50. The largest absolute Gasteiger partial charge is 0.463 e. The maximum atomic E-state index is 12.2. The zero-order chi connectivity index (χ0) is 34.2. The molecule has 0 saturated carbocycles. The van der Waals surface area contributed by atoms with Crippen LogP contribution in [0.2, 0.25) is 0 Å². The van der Waals surface area contributed by atoms with Crippen LogP contribution < -0.4 is 9.13 Å². The molecule has 16 heteroatoms. The number of hydrogen-bond donors (Lipinski definition) is 0. The zero-order valence-electron chi connectivity index (χ0n) is 27.2. The standard InChI is InChI=1S/C32H39N7O9/c1-22(40)44-19-28-29(45-23(2)41)30(46-24(3)42)31(47-25(4)43)32(48-28)39-18-27(33-34-39)17-38-15-13-36(21-38)11-10-35-12-14-37(20-35)16-26-8-6-5-7-9-26/h5-9,12-15,18,20-21,28-32H,10-11,16-17,19H2,1-4H3/q+2/t28-,29-,30+,31-,32-/m1/s1. The Balaban J connectivity index is 1.28. The first kappa shape index (κ1) is 34.0. The van der Waals surface area contributed by atoms with Crippen molar-refractivity contribution in [3.8, 4) is 0 Å². The number of benzene rings is 1. The summed E-state index contributed by atoms with van der Waals surface area (Å²) in [5, 5.41) is 8.48. The van der Waals surface area contributed by atoms with E-state index < -0.39 is 54.5 Å². The lowest BCUT2D eigenvalue weighted by atomic mass is 9.97. The van der Waals surface area contributed by atoms with Crippen molar-refractivity contribution < 1.29 is 52.0 Å². The number of rotatable bonds is 13. The number of aromatic nitrogens is 7. The maximum absolute atomic E-state index is 12.2. The molecule has 0 unspecified atom stereocenters. The Hall–Kier alpha value is -5.38. The summed E-state index contributed by atoms with van der Waals surface area (Å²) in [6.45, 7) is 7.06. The van der Waals surface area contributed by atoms with Crippen molar-refractivity contribution in [2.75, 3.05) is 6.61 Å². The van der Waals surface area contributed by atoms with Gasteiger partial charge in [0.25, 0.3) is 0 Å². The Morgan fingerprint density at radius 3 is 1.96 bits per heavy atom. The van der Waals surface area contributed by atoms with Crippen LogP contribution in [0.5, 0.6) is 0 Å². The van der Waals surface area contributed by atoms with Crippen molar-refractivity contribution in [1.29, 1.82) is 0 Å². The molecule has 0 bridgehead atoms. The summed E-state index contributed by atoms with van der Waals surface area (Å²) < 4.78 is 37.4. The third-order valence-corrected chi connectivity index (χ3v) is 7.45. The molecule has 0 N–H and O–H groups in total. The molecule has 5 atom stereocenters. The fourth-order valence-corrected chi connectivity index (χ4v) is 5.47. The van der Waals surface area contributed by atoms with E-state index in [1.54, 1.807) is 6.20 Å². The number of imidazole rings is 2. The molecule has 1 saturated heterocycles. The highest BCUT2D eigenvalue weighted by Crippen LogP contribution is 2.34. The van der Waals surface area contributed by atoms with Gasteiger partial charge in [0.15, 0.2) is 24.5 Å². The molecule has 0 spiro atoms. The zero-order valence-corrected chi connectivity index (χ0v) is 27.2. The molecule has 4 heterocycles. The van der Waals surface area contributed by atoms with Crippen LogP contribution in [0.4, 0.5) is 0 Å². The van der Waals surface area contributed by atoms with Crippen LogP contribution in [0.25, 0.3) is 0 Å². The van der Waals surface area contributed by atoms with E-state index >= 15 is 0 Å². The van der Waals surface area contributed by atoms with Crippen LogP contribution in [-0.2, 0) is 69.0 Å². The number of esters is 4. The molecule has 1 aliphatic heterocycles. The molecule has 16 nitrogen and oxygen atoms in total. The monoisotopic (exact) mass is 665 g/mol. The molecule has 4 aromatic rings. The smallest absolute Gasteiger partial charge is 0.303 e. The van der Waals surface area contributed by atoms with E-state index in [-0.39, 0.29) is 6.61 Å². The van der Waals surface area contributed by atoms with E-state index in [4.69, 9.17) is 23.7 Å². The summed E-state index contributed by atoms with van der Waals surface area (Å²) in [6, 6.07) is 10.3. The quantitative estimate of drug-likeness (QED) is 0.111. The third-order valence-electron chi connectivity index (χ3n) is 7.45. The fourth-order valence-electron chi connectivity index (χ4n) is 5.47. The van der Waals surface area contributed by atoms with Gasteiger partial charge in [-0.15, -0.1) is 5.10 Å².